The molecule has 0 unspecified atom stereocenters. The fourth-order valence-electron chi connectivity index (χ4n) is 2.08. The second-order valence-electron chi connectivity index (χ2n) is 4.34. The highest BCUT2D eigenvalue weighted by molar-refractivity contribution is 6.33. The van der Waals surface area contributed by atoms with Crippen molar-refractivity contribution in [3.05, 3.63) is 47.1 Å². The van der Waals surface area contributed by atoms with E-state index in [9.17, 15) is 9.18 Å². The first-order valence-electron chi connectivity index (χ1n) is 5.70. The van der Waals surface area contributed by atoms with Gasteiger partial charge >= 0.3 is 5.97 Å². The average molecular weight is 294 g/mol. The summed E-state index contributed by atoms with van der Waals surface area (Å²) in [6, 6.07) is 4.05. The van der Waals surface area contributed by atoms with Crippen molar-refractivity contribution in [3.8, 4) is 11.3 Å². The van der Waals surface area contributed by atoms with Crippen molar-refractivity contribution in [2.75, 3.05) is 0 Å². The fourth-order valence-corrected chi connectivity index (χ4v) is 2.34. The Bertz CT molecular complexity index is 838. The lowest BCUT2D eigenvalue weighted by molar-refractivity contribution is 0.0686. The molecule has 0 saturated heterocycles. The lowest BCUT2D eigenvalue weighted by Gasteiger charge is -2.00. The highest BCUT2D eigenvalue weighted by atomic mass is 35.5. The van der Waals surface area contributed by atoms with E-state index in [-0.39, 0.29) is 10.7 Å². The molecule has 2 aromatic heterocycles. The third kappa shape index (κ3) is 1.85. The van der Waals surface area contributed by atoms with Crippen LogP contribution in [0.25, 0.3) is 17.0 Å². The topological polar surface area (TPSA) is 59.5 Å². The Balaban J connectivity index is 2.17. The van der Waals surface area contributed by atoms with Crippen LogP contribution in [0.15, 0.2) is 30.6 Å². The van der Waals surface area contributed by atoms with E-state index < -0.39 is 11.8 Å². The first kappa shape index (κ1) is 12.7. The lowest BCUT2D eigenvalue weighted by atomic mass is 10.2. The number of halogens is 2. The van der Waals surface area contributed by atoms with Gasteiger partial charge in [-0.25, -0.2) is 14.2 Å². The summed E-state index contributed by atoms with van der Waals surface area (Å²) in [4.78, 5) is 15.3. The number of rotatable bonds is 2. The van der Waals surface area contributed by atoms with E-state index in [1.54, 1.807) is 17.6 Å². The minimum Gasteiger partial charge on any atom is -0.477 e. The zero-order valence-corrected chi connectivity index (χ0v) is 11.1. The summed E-state index contributed by atoms with van der Waals surface area (Å²) < 4.78 is 16.1. The molecule has 5 nitrogen and oxygen atoms in total. The van der Waals surface area contributed by atoms with Crippen LogP contribution in [0.3, 0.4) is 0 Å². The van der Waals surface area contributed by atoms with Crippen LogP contribution in [0, 0.1) is 5.82 Å². The van der Waals surface area contributed by atoms with E-state index in [1.807, 2.05) is 0 Å². The third-order valence-corrected chi connectivity index (χ3v) is 3.37. The number of carbonyl (C=O) groups is 1. The van der Waals surface area contributed by atoms with E-state index in [4.69, 9.17) is 16.7 Å². The number of aryl methyl sites for hydroxylation is 1. The zero-order valence-electron chi connectivity index (χ0n) is 10.3. The Labute approximate surface area is 117 Å². The van der Waals surface area contributed by atoms with E-state index in [0.717, 1.165) is 0 Å². The molecule has 0 radical (unpaired) electrons. The summed E-state index contributed by atoms with van der Waals surface area (Å²) in [6.45, 7) is 0. The fraction of sp³-hybridized carbons (Fsp3) is 0.0769. The van der Waals surface area contributed by atoms with Gasteiger partial charge in [0.2, 0.25) is 5.78 Å². The Morgan fingerprint density at radius 3 is 2.75 bits per heavy atom. The van der Waals surface area contributed by atoms with Crippen LogP contribution < -0.4 is 0 Å². The Kier molecular flexibility index (Phi) is 2.76. The van der Waals surface area contributed by atoms with Crippen molar-refractivity contribution in [3.63, 3.8) is 0 Å². The predicted molar refractivity (Wildman–Crippen MR) is 71.5 cm³/mol. The quantitative estimate of drug-likeness (QED) is 0.790. The van der Waals surface area contributed by atoms with Crippen LogP contribution >= 0.6 is 11.6 Å². The SMILES string of the molecule is Cn1c(C(=O)O)cn2cc(-c3ccc(F)cc3Cl)nc12. The summed E-state index contributed by atoms with van der Waals surface area (Å²) in [6.07, 6.45) is 3.12. The maximum atomic E-state index is 13.0. The van der Waals surface area contributed by atoms with Crippen LogP contribution in [0.5, 0.6) is 0 Å². The maximum absolute atomic E-state index is 13.0. The van der Waals surface area contributed by atoms with Crippen molar-refractivity contribution in [2.24, 2.45) is 7.05 Å². The van der Waals surface area contributed by atoms with Gasteiger partial charge in [-0.2, -0.15) is 0 Å². The van der Waals surface area contributed by atoms with Gasteiger partial charge in [0.05, 0.1) is 10.7 Å². The van der Waals surface area contributed by atoms with Crippen LogP contribution in [-0.4, -0.2) is 25.0 Å². The molecule has 102 valence electrons. The monoisotopic (exact) mass is 293 g/mol. The van der Waals surface area contributed by atoms with E-state index in [0.29, 0.717) is 17.0 Å². The molecule has 3 rings (SSSR count). The maximum Gasteiger partial charge on any atom is 0.354 e. The number of fused-ring (bicyclic) bond motifs is 1. The molecule has 0 fully saturated rings. The summed E-state index contributed by atoms with van der Waals surface area (Å²) >= 11 is 5.99. The number of nitrogens with zero attached hydrogens (tertiary/aromatic N) is 3. The zero-order chi connectivity index (χ0) is 14.4. The predicted octanol–water partition coefficient (Wildman–Crippen LogP) is 2.83. The molecule has 0 aliphatic rings. The molecule has 0 atom stereocenters. The van der Waals surface area contributed by atoms with Crippen LogP contribution in [0.4, 0.5) is 4.39 Å². The molecule has 0 spiro atoms. The second kappa shape index (κ2) is 4.35. The number of hydrogen-bond donors (Lipinski definition) is 1. The van der Waals surface area contributed by atoms with Gasteiger partial charge in [-0.15, -0.1) is 0 Å². The highest BCUT2D eigenvalue weighted by Gasteiger charge is 2.16. The summed E-state index contributed by atoms with van der Waals surface area (Å²) in [5.74, 6) is -0.979. The molecule has 2 heterocycles. The van der Waals surface area contributed by atoms with E-state index >= 15 is 0 Å². The number of imidazole rings is 2. The third-order valence-electron chi connectivity index (χ3n) is 3.06. The molecule has 0 aliphatic heterocycles. The number of carboxylic acids is 1. The first-order chi connectivity index (χ1) is 9.47. The van der Waals surface area contributed by atoms with Crippen molar-refractivity contribution >= 4 is 23.3 Å². The second-order valence-corrected chi connectivity index (χ2v) is 4.74. The van der Waals surface area contributed by atoms with Crippen LogP contribution in [0.1, 0.15) is 10.5 Å². The molecular formula is C13H9ClFN3O2. The van der Waals surface area contributed by atoms with Gasteiger partial charge in [0.15, 0.2) is 0 Å². The summed E-state index contributed by atoms with van der Waals surface area (Å²) in [5.41, 5.74) is 1.27. The molecule has 0 aliphatic carbocycles. The van der Waals surface area contributed by atoms with Crippen molar-refractivity contribution in [1.29, 1.82) is 0 Å². The molecule has 3 aromatic rings. The number of aromatic carboxylic acids is 1. The number of aromatic nitrogens is 3. The largest absolute Gasteiger partial charge is 0.477 e. The van der Waals surface area contributed by atoms with Crippen molar-refractivity contribution < 1.29 is 14.3 Å². The minimum absolute atomic E-state index is 0.129. The van der Waals surface area contributed by atoms with Gasteiger partial charge < -0.3 is 9.67 Å². The molecule has 1 aromatic carbocycles. The Morgan fingerprint density at radius 1 is 1.40 bits per heavy atom. The van der Waals surface area contributed by atoms with Gasteiger partial charge in [-0.3, -0.25) is 4.40 Å². The molecule has 7 heteroatoms. The molecule has 0 bridgehead atoms. The average Bonchev–Trinajstić information content (AvgIpc) is 2.89. The van der Waals surface area contributed by atoms with Crippen LogP contribution in [-0.2, 0) is 7.05 Å². The summed E-state index contributed by atoms with van der Waals surface area (Å²) in [5, 5.41) is 9.28. The first-order valence-corrected chi connectivity index (χ1v) is 6.08. The normalized spacial score (nSPS) is 11.2. The van der Waals surface area contributed by atoms with Gasteiger partial charge in [0.25, 0.3) is 0 Å². The molecule has 20 heavy (non-hydrogen) atoms. The molecule has 0 amide bonds. The smallest absolute Gasteiger partial charge is 0.354 e. The van der Waals surface area contributed by atoms with Gasteiger partial charge in [0.1, 0.15) is 11.5 Å². The lowest BCUT2D eigenvalue weighted by Crippen LogP contribution is -2.04. The van der Waals surface area contributed by atoms with Crippen molar-refractivity contribution in [2.45, 2.75) is 0 Å². The highest BCUT2D eigenvalue weighted by Crippen LogP contribution is 2.28. The number of carboxylic acid groups (broad SMARTS) is 1. The number of benzene rings is 1. The van der Waals surface area contributed by atoms with Crippen LogP contribution in [0.2, 0.25) is 5.02 Å². The number of hydrogen-bond acceptors (Lipinski definition) is 2. The van der Waals surface area contributed by atoms with Crippen molar-refractivity contribution in [1.82, 2.24) is 14.0 Å². The van der Waals surface area contributed by atoms with Gasteiger partial charge in [-0.1, -0.05) is 11.6 Å². The minimum atomic E-state index is -1.03. The Morgan fingerprint density at radius 2 is 2.15 bits per heavy atom. The van der Waals surface area contributed by atoms with E-state index in [2.05, 4.69) is 4.98 Å². The Hall–Kier alpha value is -2.34. The summed E-state index contributed by atoms with van der Waals surface area (Å²) in [7, 11) is 1.61. The van der Waals surface area contributed by atoms with Gasteiger partial charge in [0, 0.05) is 25.0 Å². The standard InChI is InChI=1S/C13H9ClFN3O2/c1-17-11(12(19)20)6-18-5-10(16-13(17)18)8-3-2-7(15)4-9(8)14/h2-6H,1H3,(H,19,20). The molecule has 1 N–H and O–H groups in total. The molecule has 0 saturated carbocycles. The van der Waals surface area contributed by atoms with Gasteiger partial charge in [-0.05, 0) is 18.2 Å². The molecular weight excluding hydrogens is 285 g/mol. The van der Waals surface area contributed by atoms with E-state index in [1.165, 1.54) is 29.0 Å².